The molecule has 1 aliphatic rings. The van der Waals surface area contributed by atoms with Gasteiger partial charge in [-0.2, -0.15) is 0 Å². The average molecular weight is 193 g/mol. The highest BCUT2D eigenvalue weighted by atomic mass is 31.0. The van der Waals surface area contributed by atoms with Crippen LogP contribution in [0.3, 0.4) is 0 Å². The summed E-state index contributed by atoms with van der Waals surface area (Å²) in [6, 6.07) is 5.62. The minimum absolute atomic E-state index is 0.0897. The van der Waals surface area contributed by atoms with Crippen LogP contribution in [0.2, 0.25) is 0 Å². The number of hydrogen-bond acceptors (Lipinski definition) is 2. The van der Waals surface area contributed by atoms with Crippen LogP contribution in [0.1, 0.15) is 22.3 Å². The Kier molecular flexibility index (Phi) is 2.19. The molecule has 2 N–H and O–H groups in total. The van der Waals surface area contributed by atoms with Gasteiger partial charge in [-0.05, 0) is 23.7 Å². The number of ketones is 1. The largest absolute Gasteiger partial charge is 0.321 e. The van der Waals surface area contributed by atoms with E-state index in [2.05, 4.69) is 9.24 Å². The number of fused-ring (bicyclic) bond motifs is 1. The van der Waals surface area contributed by atoms with Gasteiger partial charge in [0.1, 0.15) is 0 Å². The van der Waals surface area contributed by atoms with E-state index < -0.39 is 0 Å². The lowest BCUT2D eigenvalue weighted by molar-refractivity contribution is 0.0950. The number of Topliss-reactive ketones (excluding diaryl/α,β-unsaturated/α-hetero) is 1. The first-order valence-corrected chi connectivity index (χ1v) is 4.95. The molecule has 0 bridgehead atoms. The smallest absolute Gasteiger partial charge is 0.180 e. The minimum Gasteiger partial charge on any atom is -0.321 e. The van der Waals surface area contributed by atoms with Crippen LogP contribution in [0, 0.1) is 0 Å². The molecule has 0 spiro atoms. The van der Waals surface area contributed by atoms with E-state index in [9.17, 15) is 4.79 Å². The summed E-state index contributed by atoms with van der Waals surface area (Å²) >= 11 is 0. The van der Waals surface area contributed by atoms with Gasteiger partial charge >= 0.3 is 0 Å². The predicted molar refractivity (Wildman–Crippen MR) is 56.4 cm³/mol. The summed E-state index contributed by atoms with van der Waals surface area (Å²) in [5.41, 5.74) is 7.67. The third-order valence-electron chi connectivity index (χ3n) is 2.49. The maximum absolute atomic E-state index is 11.7. The number of nitrogens with two attached hydrogens (primary N) is 1. The second-order valence-corrected chi connectivity index (χ2v) is 4.01. The van der Waals surface area contributed by atoms with Crippen LogP contribution >= 0.6 is 9.24 Å². The monoisotopic (exact) mass is 193 g/mol. The molecule has 3 heteroatoms. The Morgan fingerprint density at radius 2 is 2.23 bits per heavy atom. The highest BCUT2D eigenvalue weighted by Gasteiger charge is 2.25. The molecule has 0 aliphatic heterocycles. The molecule has 1 aromatic rings. The van der Waals surface area contributed by atoms with Crippen LogP contribution in [0.15, 0.2) is 18.2 Å². The second-order valence-electron chi connectivity index (χ2n) is 3.39. The molecule has 0 saturated heterocycles. The summed E-state index contributed by atoms with van der Waals surface area (Å²) in [6.45, 7) is 0. The third kappa shape index (κ3) is 1.41. The molecular weight excluding hydrogens is 181 g/mol. The van der Waals surface area contributed by atoms with Crippen molar-refractivity contribution in [2.75, 3.05) is 0 Å². The molecule has 0 aromatic heterocycles. The molecule has 2 nitrogen and oxygen atoms in total. The Labute approximate surface area is 79.7 Å². The molecule has 1 aliphatic carbocycles. The first-order valence-electron chi connectivity index (χ1n) is 4.37. The number of benzene rings is 1. The van der Waals surface area contributed by atoms with Crippen LogP contribution < -0.4 is 11.0 Å². The van der Waals surface area contributed by atoms with E-state index >= 15 is 0 Å². The number of aryl methyl sites for hydroxylation is 1. The summed E-state index contributed by atoms with van der Waals surface area (Å²) in [5, 5.41) is 0.970. The molecule has 0 fully saturated rings. The van der Waals surface area contributed by atoms with Crippen LogP contribution in [0.5, 0.6) is 0 Å². The zero-order valence-corrected chi connectivity index (χ0v) is 8.44. The van der Waals surface area contributed by atoms with Crippen molar-refractivity contribution in [3.8, 4) is 0 Å². The van der Waals surface area contributed by atoms with Gasteiger partial charge in [0.25, 0.3) is 0 Å². The van der Waals surface area contributed by atoms with Crippen molar-refractivity contribution in [3.63, 3.8) is 0 Å². The van der Waals surface area contributed by atoms with Gasteiger partial charge < -0.3 is 5.73 Å². The van der Waals surface area contributed by atoms with Crippen molar-refractivity contribution in [3.05, 3.63) is 29.3 Å². The first kappa shape index (κ1) is 8.86. The van der Waals surface area contributed by atoms with E-state index in [-0.39, 0.29) is 11.8 Å². The molecule has 1 aromatic carbocycles. The van der Waals surface area contributed by atoms with Crippen molar-refractivity contribution in [1.29, 1.82) is 0 Å². The maximum atomic E-state index is 11.7. The van der Waals surface area contributed by atoms with Crippen LogP contribution in [0.4, 0.5) is 0 Å². The van der Waals surface area contributed by atoms with Crippen LogP contribution in [-0.4, -0.2) is 11.8 Å². The number of carbonyl (C=O) groups is 1. The van der Waals surface area contributed by atoms with Crippen molar-refractivity contribution in [1.82, 2.24) is 0 Å². The van der Waals surface area contributed by atoms with Gasteiger partial charge in [0, 0.05) is 5.56 Å². The molecule has 0 radical (unpaired) electrons. The molecule has 0 heterocycles. The third-order valence-corrected chi connectivity index (χ3v) is 2.97. The summed E-state index contributed by atoms with van der Waals surface area (Å²) in [7, 11) is 2.59. The summed E-state index contributed by atoms with van der Waals surface area (Å²) < 4.78 is 0. The normalized spacial score (nSPS) is 21.4. The van der Waals surface area contributed by atoms with Gasteiger partial charge in [-0.25, -0.2) is 0 Å². The summed E-state index contributed by atoms with van der Waals surface area (Å²) in [5.74, 6) is 0.0897. The molecule has 2 atom stereocenters. The van der Waals surface area contributed by atoms with Crippen LogP contribution in [-0.2, 0) is 6.42 Å². The Morgan fingerprint density at radius 3 is 3.00 bits per heavy atom. The van der Waals surface area contributed by atoms with E-state index in [4.69, 9.17) is 5.73 Å². The Bertz CT molecular complexity index is 362. The Hall–Kier alpha value is -0.720. The highest BCUT2D eigenvalue weighted by Crippen LogP contribution is 2.19. The molecule has 2 rings (SSSR count). The summed E-state index contributed by atoms with van der Waals surface area (Å²) in [6.07, 6.45) is 1.70. The zero-order chi connectivity index (χ0) is 9.42. The van der Waals surface area contributed by atoms with Crippen molar-refractivity contribution in [2.24, 2.45) is 5.73 Å². The average Bonchev–Trinajstić information content (AvgIpc) is 2.12. The molecule has 0 amide bonds. The predicted octanol–water partition coefficient (Wildman–Crippen LogP) is 0.643. The zero-order valence-electron chi connectivity index (χ0n) is 7.29. The number of hydrogen-bond donors (Lipinski definition) is 1. The fraction of sp³-hybridized carbons (Fsp3) is 0.300. The van der Waals surface area contributed by atoms with E-state index in [0.29, 0.717) is 0 Å². The molecule has 13 heavy (non-hydrogen) atoms. The first-order chi connectivity index (χ1) is 6.20. The lowest BCUT2D eigenvalue weighted by Crippen LogP contribution is -2.37. The van der Waals surface area contributed by atoms with E-state index in [1.54, 1.807) is 0 Å². The fourth-order valence-electron chi connectivity index (χ4n) is 1.76. The Balaban J connectivity index is 2.57. The maximum Gasteiger partial charge on any atom is 0.180 e. The van der Waals surface area contributed by atoms with E-state index in [0.717, 1.165) is 29.3 Å². The van der Waals surface area contributed by atoms with E-state index in [1.165, 1.54) is 0 Å². The van der Waals surface area contributed by atoms with Gasteiger partial charge in [-0.3, -0.25) is 4.79 Å². The number of carbonyl (C=O) groups excluding carboxylic acids is 1. The lowest BCUT2D eigenvalue weighted by Gasteiger charge is -2.21. The topological polar surface area (TPSA) is 43.1 Å². The highest BCUT2D eigenvalue weighted by molar-refractivity contribution is 7.27. The molecule has 0 saturated carbocycles. The fourth-order valence-corrected chi connectivity index (χ4v) is 2.20. The van der Waals surface area contributed by atoms with Gasteiger partial charge in [-0.15, -0.1) is 9.24 Å². The quantitative estimate of drug-likeness (QED) is 0.614. The standard InChI is InChI=1S/C10H12NOP/c11-7-5-4-6-2-1-3-8(13)9(6)10(7)12/h1-3,7H,4-5,11,13H2. The minimum atomic E-state index is -0.297. The summed E-state index contributed by atoms with van der Waals surface area (Å²) in [4.78, 5) is 11.7. The molecule has 68 valence electrons. The molecule has 2 unspecified atom stereocenters. The second kappa shape index (κ2) is 3.21. The van der Waals surface area contributed by atoms with Crippen LogP contribution in [0.25, 0.3) is 0 Å². The van der Waals surface area contributed by atoms with Gasteiger partial charge in [0.2, 0.25) is 0 Å². The van der Waals surface area contributed by atoms with Gasteiger partial charge in [-0.1, -0.05) is 18.2 Å². The van der Waals surface area contributed by atoms with Crippen molar-refractivity contribution < 1.29 is 4.79 Å². The van der Waals surface area contributed by atoms with Gasteiger partial charge in [0.05, 0.1) is 6.04 Å². The van der Waals surface area contributed by atoms with Gasteiger partial charge in [0.15, 0.2) is 5.78 Å². The van der Waals surface area contributed by atoms with E-state index in [1.807, 2.05) is 18.2 Å². The number of rotatable bonds is 0. The van der Waals surface area contributed by atoms with Crippen molar-refractivity contribution >= 4 is 20.3 Å². The molecular formula is C10H12NOP. The Morgan fingerprint density at radius 1 is 1.46 bits per heavy atom. The SMILES string of the molecule is NC1CCc2cccc(P)c2C1=O. The lowest BCUT2D eigenvalue weighted by atomic mass is 9.87. The van der Waals surface area contributed by atoms with Crippen molar-refractivity contribution in [2.45, 2.75) is 18.9 Å².